The van der Waals surface area contributed by atoms with Crippen LogP contribution in [0.3, 0.4) is 0 Å². The second kappa shape index (κ2) is 7.69. The lowest BCUT2D eigenvalue weighted by atomic mass is 9.81. The van der Waals surface area contributed by atoms with Crippen LogP contribution in [0, 0.1) is 12.8 Å². The largest absolute Gasteiger partial charge is 0.343 e. The van der Waals surface area contributed by atoms with E-state index >= 15 is 0 Å². The molecule has 0 spiro atoms. The monoisotopic (exact) mass is 405 g/mol. The number of aromatic nitrogens is 1. The molecule has 2 atom stereocenters. The summed E-state index contributed by atoms with van der Waals surface area (Å²) in [5.74, 6) is 1.16. The van der Waals surface area contributed by atoms with Gasteiger partial charge in [-0.1, -0.05) is 24.3 Å². The Morgan fingerprint density at radius 2 is 1.73 bits per heavy atom. The summed E-state index contributed by atoms with van der Waals surface area (Å²) >= 11 is 0. The minimum absolute atomic E-state index is 0.166. The van der Waals surface area contributed by atoms with Gasteiger partial charge in [-0.25, -0.2) is 0 Å². The fourth-order valence-electron chi connectivity index (χ4n) is 5.91. The molecule has 0 radical (unpaired) electrons. The first-order valence-corrected chi connectivity index (χ1v) is 11.3. The molecule has 2 saturated heterocycles. The Hall–Kier alpha value is -2.40. The molecule has 1 amide bonds. The number of rotatable bonds is 2. The first-order chi connectivity index (χ1) is 14.5. The summed E-state index contributed by atoms with van der Waals surface area (Å²) < 4.78 is 2.07. The Labute approximate surface area is 178 Å². The molecule has 5 nitrogen and oxygen atoms in total. The van der Waals surface area contributed by atoms with Crippen molar-refractivity contribution in [3.8, 4) is 11.1 Å². The van der Waals surface area contributed by atoms with Gasteiger partial charge in [-0.15, -0.1) is 0 Å². The van der Waals surface area contributed by atoms with Crippen LogP contribution in [-0.4, -0.2) is 52.5 Å². The van der Waals surface area contributed by atoms with E-state index < -0.39 is 0 Å². The molecular formula is C25H31N3O2. The molecular weight excluding hydrogens is 374 g/mol. The number of benzene rings is 1. The highest BCUT2D eigenvalue weighted by atomic mass is 16.2. The lowest BCUT2D eigenvalue weighted by Gasteiger charge is -2.47. The average molecular weight is 406 g/mol. The molecule has 0 saturated carbocycles. The normalized spacial score (nSPS) is 24.5. The number of piperidine rings is 2. The Balaban J connectivity index is 1.39. The molecule has 0 unspecified atom stereocenters. The smallest absolute Gasteiger partial charge is 0.258 e. The summed E-state index contributed by atoms with van der Waals surface area (Å²) in [5.41, 5.74) is 4.39. The predicted octanol–water partition coefficient (Wildman–Crippen LogP) is 3.25. The minimum atomic E-state index is 0.166. The Morgan fingerprint density at radius 1 is 0.967 bits per heavy atom. The van der Waals surface area contributed by atoms with Crippen molar-refractivity contribution in [3.63, 3.8) is 0 Å². The molecule has 2 fully saturated rings. The van der Waals surface area contributed by atoms with Crippen molar-refractivity contribution in [2.75, 3.05) is 26.2 Å². The van der Waals surface area contributed by atoms with Crippen molar-refractivity contribution >= 4 is 5.91 Å². The summed E-state index contributed by atoms with van der Waals surface area (Å²) in [6.07, 6.45) is 3.32. The van der Waals surface area contributed by atoms with Gasteiger partial charge in [0.05, 0.1) is 0 Å². The maximum Gasteiger partial charge on any atom is 0.258 e. The highest BCUT2D eigenvalue weighted by Gasteiger charge is 2.38. The maximum atomic E-state index is 13.4. The second-order valence-electron chi connectivity index (χ2n) is 9.39. The van der Waals surface area contributed by atoms with Gasteiger partial charge in [0.1, 0.15) is 0 Å². The molecule has 2 aromatic rings. The molecule has 5 heteroatoms. The first-order valence-electron chi connectivity index (χ1n) is 11.3. The van der Waals surface area contributed by atoms with Gasteiger partial charge in [-0.3, -0.25) is 14.5 Å². The van der Waals surface area contributed by atoms with E-state index in [1.54, 1.807) is 6.92 Å². The molecule has 158 valence electrons. The van der Waals surface area contributed by atoms with E-state index in [-0.39, 0.29) is 11.5 Å². The van der Waals surface area contributed by atoms with E-state index in [1.165, 1.54) is 12.1 Å². The summed E-state index contributed by atoms with van der Waals surface area (Å²) in [5, 5.41) is 0. The van der Waals surface area contributed by atoms with Crippen molar-refractivity contribution in [2.45, 2.75) is 51.6 Å². The third-order valence-electron chi connectivity index (χ3n) is 7.49. The van der Waals surface area contributed by atoms with Crippen LogP contribution in [-0.2, 0) is 11.3 Å². The fraction of sp³-hybridized carbons (Fsp3) is 0.520. The predicted molar refractivity (Wildman–Crippen MR) is 119 cm³/mol. The van der Waals surface area contributed by atoms with E-state index in [2.05, 4.69) is 34.6 Å². The highest BCUT2D eigenvalue weighted by Crippen LogP contribution is 2.37. The van der Waals surface area contributed by atoms with Gasteiger partial charge in [0.15, 0.2) is 0 Å². The minimum Gasteiger partial charge on any atom is -0.343 e. The number of carbonyl (C=O) groups is 1. The van der Waals surface area contributed by atoms with Gasteiger partial charge in [-0.05, 0) is 55.4 Å². The topological polar surface area (TPSA) is 45.6 Å². The molecule has 0 N–H and O–H groups in total. The van der Waals surface area contributed by atoms with Gasteiger partial charge in [0, 0.05) is 62.9 Å². The molecule has 3 aliphatic rings. The molecule has 5 rings (SSSR count). The highest BCUT2D eigenvalue weighted by molar-refractivity contribution is 5.73. The van der Waals surface area contributed by atoms with Crippen molar-refractivity contribution in [2.24, 2.45) is 5.92 Å². The second-order valence-corrected chi connectivity index (χ2v) is 9.39. The third kappa shape index (κ3) is 3.39. The van der Waals surface area contributed by atoms with Crippen LogP contribution in [0.15, 0.2) is 41.2 Å². The van der Waals surface area contributed by atoms with E-state index in [1.807, 2.05) is 23.1 Å². The summed E-state index contributed by atoms with van der Waals surface area (Å²) in [7, 11) is 0. The number of hydrogen-bond acceptors (Lipinski definition) is 3. The fourth-order valence-corrected chi connectivity index (χ4v) is 5.91. The molecule has 2 bridgehead atoms. The number of amides is 1. The molecule has 1 aromatic heterocycles. The number of carbonyl (C=O) groups excluding carboxylic acids is 1. The first kappa shape index (κ1) is 19.6. The van der Waals surface area contributed by atoms with E-state index in [0.29, 0.717) is 17.9 Å². The zero-order valence-electron chi connectivity index (χ0n) is 18.0. The summed E-state index contributed by atoms with van der Waals surface area (Å²) in [6.45, 7) is 8.43. The van der Waals surface area contributed by atoms with Gasteiger partial charge < -0.3 is 9.47 Å². The van der Waals surface area contributed by atoms with Crippen LogP contribution < -0.4 is 5.56 Å². The van der Waals surface area contributed by atoms with Gasteiger partial charge in [0.2, 0.25) is 5.91 Å². The number of likely N-dealkylation sites (tertiary alicyclic amines) is 2. The summed E-state index contributed by atoms with van der Waals surface area (Å²) in [4.78, 5) is 29.7. The lowest BCUT2D eigenvalue weighted by molar-refractivity contribution is -0.130. The Bertz CT molecular complexity index is 1020. The number of aryl methyl sites for hydroxylation is 1. The SMILES string of the molecule is CC(=O)N1CCC(N2C[C@H]3C[C@H](C2)c2ccc(-c4ccccc4C)c(=O)n2C3)CC1. The van der Waals surface area contributed by atoms with Crippen LogP contribution in [0.4, 0.5) is 0 Å². The average Bonchev–Trinajstić information content (AvgIpc) is 2.75. The van der Waals surface area contributed by atoms with Gasteiger partial charge in [-0.2, -0.15) is 0 Å². The maximum absolute atomic E-state index is 13.4. The number of pyridine rings is 1. The van der Waals surface area contributed by atoms with Crippen LogP contribution >= 0.6 is 0 Å². The van der Waals surface area contributed by atoms with Crippen molar-refractivity contribution < 1.29 is 4.79 Å². The van der Waals surface area contributed by atoms with E-state index in [9.17, 15) is 9.59 Å². The van der Waals surface area contributed by atoms with Crippen molar-refractivity contribution in [1.29, 1.82) is 0 Å². The summed E-state index contributed by atoms with van der Waals surface area (Å²) in [6, 6.07) is 13.0. The van der Waals surface area contributed by atoms with E-state index in [0.717, 1.165) is 62.3 Å². The quantitative estimate of drug-likeness (QED) is 0.771. The Kier molecular flexibility index (Phi) is 5.02. The zero-order chi connectivity index (χ0) is 20.8. The van der Waals surface area contributed by atoms with Crippen molar-refractivity contribution in [1.82, 2.24) is 14.4 Å². The molecule has 30 heavy (non-hydrogen) atoms. The molecule has 1 aromatic carbocycles. The van der Waals surface area contributed by atoms with Gasteiger partial charge in [0.25, 0.3) is 5.56 Å². The van der Waals surface area contributed by atoms with Crippen LogP contribution in [0.1, 0.15) is 43.4 Å². The molecule has 4 heterocycles. The molecule has 3 aliphatic heterocycles. The van der Waals surface area contributed by atoms with Crippen molar-refractivity contribution in [3.05, 3.63) is 58.0 Å². The molecule has 0 aliphatic carbocycles. The number of fused-ring (bicyclic) bond motifs is 4. The number of hydrogen-bond donors (Lipinski definition) is 0. The van der Waals surface area contributed by atoms with E-state index in [4.69, 9.17) is 0 Å². The zero-order valence-corrected chi connectivity index (χ0v) is 18.0. The van der Waals surface area contributed by atoms with Crippen LogP contribution in [0.25, 0.3) is 11.1 Å². The number of nitrogens with zero attached hydrogens (tertiary/aromatic N) is 3. The van der Waals surface area contributed by atoms with Crippen LogP contribution in [0.5, 0.6) is 0 Å². The Morgan fingerprint density at radius 3 is 2.47 bits per heavy atom. The lowest BCUT2D eigenvalue weighted by Crippen LogP contribution is -2.53. The van der Waals surface area contributed by atoms with Crippen LogP contribution in [0.2, 0.25) is 0 Å². The van der Waals surface area contributed by atoms with Gasteiger partial charge >= 0.3 is 0 Å². The standard InChI is InChI=1S/C25H31N3O2/c1-17-5-3-4-6-22(17)23-7-8-24-20-13-19(15-28(24)25(23)30)14-27(16-20)21-9-11-26(12-10-21)18(2)29/h3-8,19-21H,9-16H2,1-2H3/t19-,20-/m1/s1. The third-order valence-corrected chi connectivity index (χ3v) is 7.49.